The molecule has 43 heavy (non-hydrogen) atoms. The Kier molecular flexibility index (Phi) is 7.23. The number of nitrogens with one attached hydrogen (secondary N) is 1. The predicted octanol–water partition coefficient (Wildman–Crippen LogP) is 7.73. The number of rotatable bonds is 7. The van der Waals surface area contributed by atoms with Crippen LogP contribution < -0.4 is 5.32 Å². The molecule has 0 amide bonds. The molecule has 0 aromatic heterocycles. The standard InChI is InChI=1S/C36H40N4O3/c1-8-21-18(5)26-14-28-19(6)23(10-11-33(42)43)35(39-28)25-13-32(41)34-22(9-2)30(40-36(25)34)16-31-24(12-17(3)4)20(7)27(38-31)15-29(21)37-26/h8,14-17,19,23,39,41H,1,9-13H2,2-7H3,(H,42,43)/t19-,23-/m0/s1. The third-order valence-electron chi connectivity index (χ3n) is 9.44. The van der Waals surface area contributed by atoms with Crippen LogP contribution in [0.2, 0.25) is 0 Å². The van der Waals surface area contributed by atoms with E-state index < -0.39 is 5.97 Å². The Morgan fingerprint density at radius 1 is 1.09 bits per heavy atom. The Morgan fingerprint density at radius 2 is 1.81 bits per heavy atom. The van der Waals surface area contributed by atoms with Crippen molar-refractivity contribution < 1.29 is 15.0 Å². The molecule has 2 atom stereocenters. The fraction of sp³-hybridized carbons (Fsp3) is 0.389. The van der Waals surface area contributed by atoms with Crippen molar-refractivity contribution in [2.24, 2.45) is 32.7 Å². The number of aliphatic imine (C=N–C) groups is 3. The minimum Gasteiger partial charge on any atom is -0.511 e. The Hall–Kier alpha value is -4.26. The molecule has 222 valence electrons. The van der Waals surface area contributed by atoms with Crippen molar-refractivity contribution >= 4 is 23.1 Å². The minimum absolute atomic E-state index is 0.0331. The van der Waals surface area contributed by atoms with Crippen molar-refractivity contribution in [1.82, 2.24) is 5.32 Å². The fourth-order valence-corrected chi connectivity index (χ4v) is 7.12. The van der Waals surface area contributed by atoms with E-state index in [4.69, 9.17) is 15.0 Å². The Bertz CT molecular complexity index is 1730. The number of nitrogens with zero attached hydrogens (tertiary/aromatic N) is 3. The van der Waals surface area contributed by atoms with Crippen LogP contribution in [0, 0.1) is 17.8 Å². The van der Waals surface area contributed by atoms with Crippen molar-refractivity contribution in [3.8, 4) is 0 Å². The highest BCUT2D eigenvalue weighted by Crippen LogP contribution is 2.47. The van der Waals surface area contributed by atoms with Gasteiger partial charge in [-0.2, -0.15) is 0 Å². The fourth-order valence-electron chi connectivity index (χ4n) is 7.12. The summed E-state index contributed by atoms with van der Waals surface area (Å²) in [5, 5.41) is 24.6. The number of aliphatic hydroxyl groups is 1. The first-order valence-electron chi connectivity index (χ1n) is 15.4. The number of fused-ring (bicyclic) bond motifs is 5. The van der Waals surface area contributed by atoms with Gasteiger partial charge in [-0.1, -0.05) is 40.3 Å². The molecule has 7 heteroatoms. The number of aliphatic carboxylic acids is 1. The van der Waals surface area contributed by atoms with E-state index in [0.29, 0.717) is 24.5 Å². The maximum Gasteiger partial charge on any atom is 0.303 e. The van der Waals surface area contributed by atoms with Crippen LogP contribution in [0.4, 0.5) is 0 Å². The first kappa shape index (κ1) is 28.8. The lowest BCUT2D eigenvalue weighted by atomic mass is 9.86. The molecule has 8 bridgehead atoms. The number of hydrogen-bond donors (Lipinski definition) is 3. The van der Waals surface area contributed by atoms with Crippen LogP contribution in [0.25, 0.3) is 0 Å². The summed E-state index contributed by atoms with van der Waals surface area (Å²) in [5.41, 5.74) is 14.2. The van der Waals surface area contributed by atoms with Gasteiger partial charge in [-0.3, -0.25) is 4.79 Å². The first-order chi connectivity index (χ1) is 20.5. The third kappa shape index (κ3) is 4.75. The summed E-state index contributed by atoms with van der Waals surface area (Å²) in [6, 6.07) is 0. The Labute approximate surface area is 253 Å². The molecule has 5 aliphatic heterocycles. The molecule has 0 saturated carbocycles. The van der Waals surface area contributed by atoms with Crippen LogP contribution >= 0.6 is 0 Å². The van der Waals surface area contributed by atoms with Crippen molar-refractivity contribution in [2.45, 2.75) is 73.6 Å². The zero-order valence-electron chi connectivity index (χ0n) is 25.9. The molecule has 0 radical (unpaired) electrons. The average molecular weight is 577 g/mol. The number of aliphatic hydroxyl groups excluding tert-OH is 1. The molecule has 1 saturated heterocycles. The van der Waals surface area contributed by atoms with E-state index >= 15 is 0 Å². The van der Waals surface area contributed by atoms with Crippen molar-refractivity contribution in [3.05, 3.63) is 104 Å². The van der Waals surface area contributed by atoms with Gasteiger partial charge in [0.2, 0.25) is 0 Å². The summed E-state index contributed by atoms with van der Waals surface area (Å²) in [7, 11) is 0. The number of carboxylic acid groups (broad SMARTS) is 1. The van der Waals surface area contributed by atoms with Crippen LogP contribution in [0.5, 0.6) is 0 Å². The summed E-state index contributed by atoms with van der Waals surface area (Å²) in [6.45, 7) is 17.0. The van der Waals surface area contributed by atoms with Crippen molar-refractivity contribution in [2.75, 3.05) is 0 Å². The van der Waals surface area contributed by atoms with E-state index in [9.17, 15) is 15.0 Å². The average Bonchev–Trinajstić information content (AvgIpc) is 3.70. The van der Waals surface area contributed by atoms with Crippen LogP contribution in [0.3, 0.4) is 0 Å². The van der Waals surface area contributed by atoms with Gasteiger partial charge in [0.15, 0.2) is 0 Å². The molecular weight excluding hydrogens is 536 g/mol. The first-order valence-corrected chi connectivity index (χ1v) is 15.4. The summed E-state index contributed by atoms with van der Waals surface area (Å²) in [4.78, 5) is 27.0. The Morgan fingerprint density at radius 3 is 2.49 bits per heavy atom. The van der Waals surface area contributed by atoms with Gasteiger partial charge in [-0.15, -0.1) is 0 Å². The molecule has 0 aromatic carbocycles. The second-order valence-electron chi connectivity index (χ2n) is 12.6. The van der Waals surface area contributed by atoms with E-state index in [-0.39, 0.29) is 18.3 Å². The van der Waals surface area contributed by atoms with Gasteiger partial charge in [0.25, 0.3) is 0 Å². The minimum atomic E-state index is -0.816. The van der Waals surface area contributed by atoms with Gasteiger partial charge in [-0.25, -0.2) is 15.0 Å². The van der Waals surface area contributed by atoms with Gasteiger partial charge < -0.3 is 15.5 Å². The monoisotopic (exact) mass is 576 g/mol. The lowest BCUT2D eigenvalue weighted by Crippen LogP contribution is -2.15. The quantitative estimate of drug-likeness (QED) is 0.288. The number of carboxylic acids is 1. The van der Waals surface area contributed by atoms with Gasteiger partial charge >= 0.3 is 5.97 Å². The number of carbonyl (C=O) groups is 1. The molecule has 7 nitrogen and oxygen atoms in total. The topological polar surface area (TPSA) is 107 Å². The van der Waals surface area contributed by atoms with Gasteiger partial charge in [0.1, 0.15) is 5.76 Å². The molecule has 3 N–H and O–H groups in total. The molecule has 6 rings (SSSR count). The molecular formula is C36H40N4O3. The lowest BCUT2D eigenvalue weighted by molar-refractivity contribution is -0.137. The highest BCUT2D eigenvalue weighted by Gasteiger charge is 2.41. The smallest absolute Gasteiger partial charge is 0.303 e. The normalized spacial score (nSPS) is 24.5. The summed E-state index contributed by atoms with van der Waals surface area (Å²) in [5.74, 6) is -0.0696. The lowest BCUT2D eigenvalue weighted by Gasteiger charge is -2.17. The Balaban J connectivity index is 1.62. The summed E-state index contributed by atoms with van der Waals surface area (Å²) < 4.78 is 0. The van der Waals surface area contributed by atoms with Crippen LogP contribution in [0.1, 0.15) is 73.6 Å². The van der Waals surface area contributed by atoms with Crippen LogP contribution in [0.15, 0.2) is 119 Å². The second kappa shape index (κ2) is 10.8. The highest BCUT2D eigenvalue weighted by atomic mass is 16.4. The molecule has 0 spiro atoms. The molecule has 0 aromatic rings. The zero-order valence-corrected chi connectivity index (χ0v) is 25.9. The van der Waals surface area contributed by atoms with Crippen molar-refractivity contribution in [1.29, 1.82) is 0 Å². The largest absolute Gasteiger partial charge is 0.511 e. The van der Waals surface area contributed by atoms with Crippen LogP contribution in [-0.2, 0) is 4.79 Å². The van der Waals surface area contributed by atoms with Gasteiger partial charge in [0, 0.05) is 52.8 Å². The molecule has 5 heterocycles. The molecule has 6 aliphatic rings. The van der Waals surface area contributed by atoms with E-state index in [1.807, 2.05) is 6.08 Å². The van der Waals surface area contributed by atoms with Gasteiger partial charge in [-0.05, 0) is 79.5 Å². The maximum atomic E-state index is 11.7. The molecule has 0 unspecified atom stereocenters. The van der Waals surface area contributed by atoms with Crippen LogP contribution in [-0.4, -0.2) is 33.3 Å². The maximum absolute atomic E-state index is 11.7. The summed E-state index contributed by atoms with van der Waals surface area (Å²) in [6.07, 6.45) is 10.6. The SMILES string of the molecule is C=CC1=C(C)C2=NC1=CC1=NC(=CC3=C(CC)C4=C(O)CC(=C5NC(=C2)[C@@H](C)[C@@H]5CCC(=O)O)C4=N3)C(CC(C)C)=C1C. The number of hydrogen-bond acceptors (Lipinski definition) is 6. The second-order valence-corrected chi connectivity index (χ2v) is 12.6. The highest BCUT2D eigenvalue weighted by molar-refractivity contribution is 6.21. The van der Waals surface area contributed by atoms with E-state index in [1.165, 1.54) is 5.57 Å². The van der Waals surface area contributed by atoms with E-state index in [1.54, 1.807) is 0 Å². The predicted molar refractivity (Wildman–Crippen MR) is 173 cm³/mol. The van der Waals surface area contributed by atoms with Crippen molar-refractivity contribution in [3.63, 3.8) is 0 Å². The summed E-state index contributed by atoms with van der Waals surface area (Å²) >= 11 is 0. The van der Waals surface area contributed by atoms with E-state index in [0.717, 1.165) is 91.9 Å². The zero-order chi connectivity index (χ0) is 30.7. The molecule has 1 fully saturated rings. The van der Waals surface area contributed by atoms with E-state index in [2.05, 4.69) is 71.7 Å². The number of allylic oxidation sites excluding steroid dienone is 12. The molecule has 1 aliphatic carbocycles. The van der Waals surface area contributed by atoms with Gasteiger partial charge in [0.05, 0.1) is 34.2 Å². The third-order valence-corrected chi connectivity index (χ3v) is 9.44.